The third-order valence-corrected chi connectivity index (χ3v) is 4.89. The molecule has 1 aromatic heterocycles. The van der Waals surface area contributed by atoms with Gasteiger partial charge >= 0.3 is 0 Å². The largest absolute Gasteiger partial charge is 0.367 e. The van der Waals surface area contributed by atoms with Gasteiger partial charge in [0.2, 0.25) is 0 Å². The number of nitrogens with zero attached hydrogens (tertiary/aromatic N) is 4. The number of carbonyl (C=O) groups is 1. The maximum Gasteiger partial charge on any atom is 0.252 e. The lowest BCUT2D eigenvalue weighted by molar-refractivity contribution is 0.0952. The lowest BCUT2D eigenvalue weighted by Crippen LogP contribution is -2.47. The highest BCUT2D eigenvalue weighted by atomic mass is 19.1. The molecule has 0 radical (unpaired) electrons. The third kappa shape index (κ3) is 5.19. The van der Waals surface area contributed by atoms with E-state index in [0.29, 0.717) is 17.8 Å². The van der Waals surface area contributed by atoms with E-state index in [0.717, 1.165) is 44.8 Å². The number of para-hydroxylation sites is 1. The first-order valence-corrected chi connectivity index (χ1v) is 9.67. The van der Waals surface area contributed by atoms with Crippen molar-refractivity contribution in [1.82, 2.24) is 15.2 Å². The van der Waals surface area contributed by atoms with Crippen molar-refractivity contribution in [1.29, 1.82) is 0 Å². The monoisotopic (exact) mass is 385 g/mol. The van der Waals surface area contributed by atoms with E-state index in [1.807, 2.05) is 32.3 Å². The molecule has 0 bridgehead atoms. The minimum absolute atomic E-state index is 0.0990. The molecule has 2 aromatic rings. The van der Waals surface area contributed by atoms with E-state index in [1.54, 1.807) is 18.5 Å². The van der Waals surface area contributed by atoms with E-state index in [4.69, 9.17) is 0 Å². The topological polar surface area (TPSA) is 51.7 Å². The third-order valence-electron chi connectivity index (χ3n) is 4.89. The van der Waals surface area contributed by atoms with Gasteiger partial charge in [-0.1, -0.05) is 12.1 Å². The molecule has 1 N–H and O–H groups in total. The Morgan fingerprint density at radius 3 is 2.57 bits per heavy atom. The summed E-state index contributed by atoms with van der Waals surface area (Å²) in [7, 11) is 4.03. The number of aromatic nitrogens is 1. The van der Waals surface area contributed by atoms with Crippen LogP contribution in [0.4, 0.5) is 15.8 Å². The van der Waals surface area contributed by atoms with Gasteiger partial charge in [-0.15, -0.1) is 0 Å². The Morgan fingerprint density at radius 1 is 1.14 bits per heavy atom. The highest BCUT2D eigenvalue weighted by Gasteiger charge is 2.20. The van der Waals surface area contributed by atoms with Crippen molar-refractivity contribution in [3.05, 3.63) is 54.1 Å². The van der Waals surface area contributed by atoms with Gasteiger partial charge in [0.1, 0.15) is 5.82 Å². The summed E-state index contributed by atoms with van der Waals surface area (Å²) in [6.45, 7) is 4.53. The Labute approximate surface area is 166 Å². The van der Waals surface area contributed by atoms with Crippen molar-refractivity contribution in [3.63, 3.8) is 0 Å². The van der Waals surface area contributed by atoms with E-state index < -0.39 is 0 Å². The van der Waals surface area contributed by atoms with Crippen molar-refractivity contribution in [2.75, 3.05) is 63.2 Å². The molecule has 7 heteroatoms. The van der Waals surface area contributed by atoms with Crippen LogP contribution in [0.15, 0.2) is 42.7 Å². The van der Waals surface area contributed by atoms with Crippen molar-refractivity contribution < 1.29 is 9.18 Å². The quantitative estimate of drug-likeness (QED) is 0.741. The molecule has 150 valence electrons. The van der Waals surface area contributed by atoms with Gasteiger partial charge in [0, 0.05) is 38.9 Å². The Balaban J connectivity index is 1.56. The molecular formula is C21H28FN5O. The van der Waals surface area contributed by atoms with Gasteiger partial charge < -0.3 is 20.0 Å². The lowest BCUT2D eigenvalue weighted by Gasteiger charge is -2.37. The van der Waals surface area contributed by atoms with Gasteiger partial charge in [-0.25, -0.2) is 4.39 Å². The molecular weight excluding hydrogens is 357 g/mol. The Kier molecular flexibility index (Phi) is 6.81. The van der Waals surface area contributed by atoms with Gasteiger partial charge in [-0.2, -0.15) is 0 Å². The zero-order chi connectivity index (χ0) is 19.9. The summed E-state index contributed by atoms with van der Waals surface area (Å²) in [6, 6.07) is 8.75. The van der Waals surface area contributed by atoms with E-state index in [9.17, 15) is 9.18 Å². The molecule has 1 aliphatic heterocycles. The fourth-order valence-electron chi connectivity index (χ4n) is 3.34. The first-order valence-electron chi connectivity index (χ1n) is 9.67. The normalized spacial score (nSPS) is 14.4. The number of hydrogen-bond donors (Lipinski definition) is 1. The van der Waals surface area contributed by atoms with Gasteiger partial charge in [-0.3, -0.25) is 9.78 Å². The lowest BCUT2D eigenvalue weighted by atomic mass is 10.2. The standard InChI is InChI=1S/C21H28FN5O/c1-25(2)9-5-8-24-21(28)17-14-18(16-23-15-17)26-10-12-27(13-11-26)20-7-4-3-6-19(20)22/h3-4,6-7,14-16H,5,8-13H2,1-2H3,(H,24,28). The second-order valence-corrected chi connectivity index (χ2v) is 7.27. The Morgan fingerprint density at radius 2 is 1.86 bits per heavy atom. The fourth-order valence-corrected chi connectivity index (χ4v) is 3.34. The summed E-state index contributed by atoms with van der Waals surface area (Å²) in [6.07, 6.45) is 4.28. The number of rotatable bonds is 7. The first-order chi connectivity index (χ1) is 13.5. The number of piperazine rings is 1. The second kappa shape index (κ2) is 9.50. The van der Waals surface area contributed by atoms with Crippen molar-refractivity contribution in [2.24, 2.45) is 0 Å². The van der Waals surface area contributed by atoms with Crippen LogP contribution in [-0.4, -0.2) is 69.2 Å². The zero-order valence-corrected chi connectivity index (χ0v) is 16.6. The number of halogens is 1. The molecule has 0 unspecified atom stereocenters. The molecule has 1 saturated heterocycles. The Hall–Kier alpha value is -2.67. The smallest absolute Gasteiger partial charge is 0.252 e. The summed E-state index contributed by atoms with van der Waals surface area (Å²) in [4.78, 5) is 22.9. The van der Waals surface area contributed by atoms with Crippen LogP contribution in [0.5, 0.6) is 0 Å². The van der Waals surface area contributed by atoms with Crippen LogP contribution in [0.3, 0.4) is 0 Å². The van der Waals surface area contributed by atoms with Crippen LogP contribution in [0.25, 0.3) is 0 Å². The maximum absolute atomic E-state index is 14.0. The van der Waals surface area contributed by atoms with Crippen LogP contribution < -0.4 is 15.1 Å². The number of pyridine rings is 1. The summed E-state index contributed by atoms with van der Waals surface area (Å²) >= 11 is 0. The van der Waals surface area contributed by atoms with E-state index in [2.05, 4.69) is 25.0 Å². The minimum atomic E-state index is -0.189. The fraction of sp³-hybridized carbons (Fsp3) is 0.429. The first kappa shape index (κ1) is 20.1. The molecule has 1 aliphatic rings. The molecule has 28 heavy (non-hydrogen) atoms. The number of hydrogen-bond acceptors (Lipinski definition) is 5. The van der Waals surface area contributed by atoms with Gasteiger partial charge in [-0.05, 0) is 45.3 Å². The van der Waals surface area contributed by atoms with E-state index in [-0.39, 0.29) is 11.7 Å². The molecule has 2 heterocycles. The molecule has 3 rings (SSSR count). The van der Waals surface area contributed by atoms with Crippen LogP contribution in [0, 0.1) is 5.82 Å². The average molecular weight is 385 g/mol. The van der Waals surface area contributed by atoms with Crippen LogP contribution in [0.2, 0.25) is 0 Å². The van der Waals surface area contributed by atoms with Crippen molar-refractivity contribution >= 4 is 17.3 Å². The van der Waals surface area contributed by atoms with Crippen LogP contribution in [0.1, 0.15) is 16.8 Å². The zero-order valence-electron chi connectivity index (χ0n) is 16.6. The maximum atomic E-state index is 14.0. The van der Waals surface area contributed by atoms with E-state index in [1.165, 1.54) is 6.07 Å². The summed E-state index contributed by atoms with van der Waals surface area (Å²) in [5.41, 5.74) is 2.14. The molecule has 1 fully saturated rings. The predicted octanol–water partition coefficient (Wildman–Crippen LogP) is 2.23. The van der Waals surface area contributed by atoms with Gasteiger partial charge in [0.15, 0.2) is 0 Å². The number of anilines is 2. The number of carbonyl (C=O) groups excluding carboxylic acids is 1. The SMILES string of the molecule is CN(C)CCCNC(=O)c1cncc(N2CCN(c3ccccc3F)CC2)c1. The van der Waals surface area contributed by atoms with Crippen molar-refractivity contribution in [3.8, 4) is 0 Å². The molecule has 0 atom stereocenters. The van der Waals surface area contributed by atoms with Gasteiger partial charge in [0.25, 0.3) is 5.91 Å². The summed E-state index contributed by atoms with van der Waals surface area (Å²) in [5, 5.41) is 2.95. The number of benzene rings is 1. The average Bonchev–Trinajstić information content (AvgIpc) is 2.71. The van der Waals surface area contributed by atoms with Crippen LogP contribution >= 0.6 is 0 Å². The Bertz CT molecular complexity index is 790. The number of nitrogens with one attached hydrogen (secondary N) is 1. The highest BCUT2D eigenvalue weighted by molar-refractivity contribution is 5.94. The molecule has 0 saturated carbocycles. The molecule has 6 nitrogen and oxygen atoms in total. The van der Waals surface area contributed by atoms with Crippen LogP contribution in [-0.2, 0) is 0 Å². The summed E-state index contributed by atoms with van der Waals surface area (Å²) in [5.74, 6) is -0.288. The van der Waals surface area contributed by atoms with E-state index >= 15 is 0 Å². The molecule has 1 amide bonds. The minimum Gasteiger partial charge on any atom is -0.367 e. The molecule has 0 spiro atoms. The summed E-state index contributed by atoms with van der Waals surface area (Å²) < 4.78 is 14.0. The molecule has 1 aromatic carbocycles. The second-order valence-electron chi connectivity index (χ2n) is 7.27. The predicted molar refractivity (Wildman–Crippen MR) is 111 cm³/mol. The molecule has 0 aliphatic carbocycles. The highest BCUT2D eigenvalue weighted by Crippen LogP contribution is 2.23. The van der Waals surface area contributed by atoms with Gasteiger partial charge in [0.05, 0.1) is 23.1 Å². The van der Waals surface area contributed by atoms with Crippen molar-refractivity contribution in [2.45, 2.75) is 6.42 Å². The number of amides is 1.